The predicted octanol–water partition coefficient (Wildman–Crippen LogP) is 3.89. The lowest BCUT2D eigenvalue weighted by Crippen LogP contribution is -2.44. The zero-order chi connectivity index (χ0) is 21.0. The van der Waals surface area contributed by atoms with Gasteiger partial charge in [0.05, 0.1) is 12.8 Å². The molecule has 2 aliphatic rings. The van der Waals surface area contributed by atoms with Crippen LogP contribution in [0.25, 0.3) is 0 Å². The maximum Gasteiger partial charge on any atom is 0.267 e. The molecule has 2 aromatic carbocycles. The van der Waals surface area contributed by atoms with Crippen LogP contribution in [0.5, 0.6) is 5.75 Å². The van der Waals surface area contributed by atoms with Crippen LogP contribution in [0.4, 0.5) is 5.69 Å². The molecule has 1 saturated heterocycles. The molecule has 2 aromatic rings. The molecule has 6 nitrogen and oxygen atoms in total. The summed E-state index contributed by atoms with van der Waals surface area (Å²) in [6.45, 7) is 4.48. The smallest absolute Gasteiger partial charge is 0.267 e. The molecule has 0 bridgehead atoms. The number of hydrogen-bond donors (Lipinski definition) is 1. The van der Waals surface area contributed by atoms with Crippen molar-refractivity contribution in [1.82, 2.24) is 5.32 Å². The summed E-state index contributed by atoms with van der Waals surface area (Å²) in [6, 6.07) is 16.1. The molecule has 0 aromatic heterocycles. The highest BCUT2D eigenvalue weighted by atomic mass is 16.7. The third kappa shape index (κ3) is 4.27. The number of amides is 1. The molecular formula is C24H29N3O3. The van der Waals surface area contributed by atoms with E-state index in [4.69, 9.17) is 9.57 Å². The molecular weight excluding hydrogens is 378 g/mol. The fourth-order valence-corrected chi connectivity index (χ4v) is 4.04. The second kappa shape index (κ2) is 8.78. The van der Waals surface area contributed by atoms with Crippen molar-refractivity contribution >= 4 is 17.3 Å². The molecule has 1 fully saturated rings. The van der Waals surface area contributed by atoms with Crippen LogP contribution in [0.3, 0.4) is 0 Å². The number of benzene rings is 2. The van der Waals surface area contributed by atoms with Crippen molar-refractivity contribution in [2.24, 2.45) is 5.16 Å². The van der Waals surface area contributed by atoms with Gasteiger partial charge in [-0.25, -0.2) is 0 Å². The number of rotatable bonds is 6. The Labute approximate surface area is 177 Å². The van der Waals surface area contributed by atoms with E-state index in [1.807, 2.05) is 24.3 Å². The number of carbonyl (C=O) groups excluding carboxylic acids is 1. The van der Waals surface area contributed by atoms with Crippen LogP contribution in [0.1, 0.15) is 43.7 Å². The average molecular weight is 408 g/mol. The van der Waals surface area contributed by atoms with Gasteiger partial charge < -0.3 is 19.8 Å². The summed E-state index contributed by atoms with van der Waals surface area (Å²) < 4.78 is 5.40. The molecule has 1 amide bonds. The number of piperidine rings is 1. The topological polar surface area (TPSA) is 63.2 Å². The number of para-hydroxylation sites is 1. The van der Waals surface area contributed by atoms with Crippen molar-refractivity contribution in [3.8, 4) is 5.75 Å². The van der Waals surface area contributed by atoms with Crippen molar-refractivity contribution in [2.75, 3.05) is 25.1 Å². The first-order valence-corrected chi connectivity index (χ1v) is 10.6. The van der Waals surface area contributed by atoms with E-state index in [1.54, 1.807) is 14.0 Å². The fraction of sp³-hybridized carbons (Fsp3) is 0.417. The van der Waals surface area contributed by atoms with Crippen LogP contribution in [0.15, 0.2) is 53.7 Å². The number of ether oxygens (including phenoxy) is 1. The van der Waals surface area contributed by atoms with Gasteiger partial charge in [0.1, 0.15) is 5.75 Å². The Morgan fingerprint density at radius 3 is 2.60 bits per heavy atom. The van der Waals surface area contributed by atoms with Crippen LogP contribution in [0.2, 0.25) is 0 Å². The second-order valence-electron chi connectivity index (χ2n) is 8.13. The monoisotopic (exact) mass is 407 g/mol. The van der Waals surface area contributed by atoms with E-state index >= 15 is 0 Å². The number of oxime groups is 1. The number of methoxy groups -OCH3 is 1. The molecule has 4 rings (SSSR count). The maximum atomic E-state index is 12.8. The Balaban J connectivity index is 1.34. The summed E-state index contributed by atoms with van der Waals surface area (Å²) in [6.07, 6.45) is 4.24. The van der Waals surface area contributed by atoms with Gasteiger partial charge in [-0.3, -0.25) is 4.79 Å². The number of hydrogen-bond acceptors (Lipinski definition) is 5. The Kier molecular flexibility index (Phi) is 5.93. The van der Waals surface area contributed by atoms with Gasteiger partial charge in [0.15, 0.2) is 0 Å². The molecule has 2 aliphatic heterocycles. The lowest BCUT2D eigenvalue weighted by Gasteiger charge is -2.29. The van der Waals surface area contributed by atoms with Crippen molar-refractivity contribution < 1.29 is 14.4 Å². The van der Waals surface area contributed by atoms with Crippen molar-refractivity contribution in [1.29, 1.82) is 0 Å². The Morgan fingerprint density at radius 1 is 1.13 bits per heavy atom. The van der Waals surface area contributed by atoms with E-state index in [-0.39, 0.29) is 5.91 Å². The molecule has 0 radical (unpaired) electrons. The van der Waals surface area contributed by atoms with Crippen molar-refractivity contribution in [2.45, 2.75) is 44.8 Å². The molecule has 1 atom stereocenters. The molecule has 6 heteroatoms. The van der Waals surface area contributed by atoms with Crippen molar-refractivity contribution in [3.63, 3.8) is 0 Å². The molecule has 0 aliphatic carbocycles. The van der Waals surface area contributed by atoms with Gasteiger partial charge in [0.25, 0.3) is 5.91 Å². The normalized spacial score (nSPS) is 21.0. The Bertz CT molecular complexity index is 920. The van der Waals surface area contributed by atoms with E-state index in [0.29, 0.717) is 13.0 Å². The molecule has 2 heterocycles. The summed E-state index contributed by atoms with van der Waals surface area (Å²) in [5.74, 6) is 0.551. The first-order valence-electron chi connectivity index (χ1n) is 10.6. The summed E-state index contributed by atoms with van der Waals surface area (Å²) in [4.78, 5) is 20.8. The van der Waals surface area contributed by atoms with E-state index in [0.717, 1.165) is 35.7 Å². The number of nitrogens with zero attached hydrogens (tertiary/aromatic N) is 2. The highest BCUT2D eigenvalue weighted by Gasteiger charge is 2.42. The van der Waals surface area contributed by atoms with Crippen LogP contribution in [-0.2, 0) is 16.2 Å². The maximum absolute atomic E-state index is 12.8. The zero-order valence-electron chi connectivity index (χ0n) is 17.7. The molecule has 158 valence electrons. The van der Waals surface area contributed by atoms with Gasteiger partial charge in [-0.15, -0.1) is 0 Å². The lowest BCUT2D eigenvalue weighted by molar-refractivity contribution is -0.141. The molecule has 0 spiro atoms. The summed E-state index contributed by atoms with van der Waals surface area (Å²) in [5, 5.41) is 7.18. The zero-order valence-corrected chi connectivity index (χ0v) is 17.7. The second-order valence-corrected chi connectivity index (χ2v) is 8.13. The number of carbonyl (C=O) groups is 1. The first-order chi connectivity index (χ1) is 14.6. The average Bonchev–Trinajstić information content (AvgIpc) is 3.21. The van der Waals surface area contributed by atoms with Crippen LogP contribution in [0, 0.1) is 0 Å². The highest BCUT2D eigenvalue weighted by molar-refractivity contribution is 6.07. The lowest BCUT2D eigenvalue weighted by atomic mass is 9.94. The molecule has 1 N–H and O–H groups in total. The fourth-order valence-electron chi connectivity index (χ4n) is 4.04. The third-order valence-corrected chi connectivity index (χ3v) is 5.87. The summed E-state index contributed by atoms with van der Waals surface area (Å²) >= 11 is 0. The molecule has 0 saturated carbocycles. The van der Waals surface area contributed by atoms with Gasteiger partial charge in [-0.2, -0.15) is 0 Å². The van der Waals surface area contributed by atoms with Crippen LogP contribution >= 0.6 is 0 Å². The molecule has 30 heavy (non-hydrogen) atoms. The summed E-state index contributed by atoms with van der Waals surface area (Å²) in [7, 11) is 1.62. The minimum atomic E-state index is -1.02. The quantitative estimate of drug-likeness (QED) is 0.789. The van der Waals surface area contributed by atoms with E-state index in [2.05, 4.69) is 39.6 Å². The standard InChI is InChI=1S/C24H29N3O3/c1-24(16-21(26-30-24)20-8-4-5-9-22(20)29-2)23(28)25-17-18-10-12-19(13-11-18)27-14-6-3-7-15-27/h4-5,8-13H,3,6-7,14-17H2,1-2H3,(H,25,28)/t24-/m1/s1. The largest absolute Gasteiger partial charge is 0.496 e. The van der Waals surface area contributed by atoms with E-state index in [1.165, 1.54) is 24.9 Å². The van der Waals surface area contributed by atoms with Crippen molar-refractivity contribution in [3.05, 3.63) is 59.7 Å². The minimum Gasteiger partial charge on any atom is -0.496 e. The number of anilines is 1. The number of nitrogens with one attached hydrogen (secondary N) is 1. The minimum absolute atomic E-state index is 0.170. The Morgan fingerprint density at radius 2 is 1.87 bits per heavy atom. The van der Waals surface area contributed by atoms with Gasteiger partial charge in [-0.05, 0) is 56.0 Å². The third-order valence-electron chi connectivity index (χ3n) is 5.87. The highest BCUT2D eigenvalue weighted by Crippen LogP contribution is 2.30. The van der Waals surface area contributed by atoms with E-state index in [9.17, 15) is 4.79 Å². The van der Waals surface area contributed by atoms with Gasteiger partial charge in [0.2, 0.25) is 5.60 Å². The van der Waals surface area contributed by atoms with Crippen LogP contribution < -0.4 is 15.0 Å². The summed E-state index contributed by atoms with van der Waals surface area (Å²) in [5.41, 5.74) is 2.87. The van der Waals surface area contributed by atoms with Gasteiger partial charge in [0, 0.05) is 37.3 Å². The van der Waals surface area contributed by atoms with E-state index < -0.39 is 5.60 Å². The van der Waals surface area contributed by atoms with Crippen LogP contribution in [-0.4, -0.2) is 37.4 Å². The predicted molar refractivity (Wildman–Crippen MR) is 118 cm³/mol. The first kappa shape index (κ1) is 20.3. The Hall–Kier alpha value is -3.02. The molecule has 0 unspecified atom stereocenters. The van der Waals surface area contributed by atoms with Gasteiger partial charge >= 0.3 is 0 Å². The SMILES string of the molecule is COc1ccccc1C1=NO[C@@](C)(C(=O)NCc2ccc(N3CCCCC3)cc2)C1. The van der Waals surface area contributed by atoms with Gasteiger partial charge in [-0.1, -0.05) is 29.4 Å².